The Balaban J connectivity index is 1.74. The molecule has 0 aliphatic rings. The van der Waals surface area contributed by atoms with Crippen molar-refractivity contribution < 1.29 is 9.53 Å². The molecule has 0 unspecified atom stereocenters. The number of hydrogen-bond acceptors (Lipinski definition) is 3. The molecule has 0 fully saturated rings. The zero-order valence-corrected chi connectivity index (χ0v) is 14.6. The first-order valence-electron chi connectivity index (χ1n) is 7.91. The molecule has 3 aromatic rings. The highest BCUT2D eigenvalue weighted by Gasteiger charge is 2.10. The third-order valence-corrected chi connectivity index (χ3v) is 3.62. The van der Waals surface area contributed by atoms with Crippen molar-refractivity contribution in [2.75, 3.05) is 10.6 Å². The van der Waals surface area contributed by atoms with Crippen molar-refractivity contribution in [3.05, 3.63) is 84.4 Å². The van der Waals surface area contributed by atoms with Crippen molar-refractivity contribution in [3.8, 4) is 11.5 Å². The first-order chi connectivity index (χ1) is 12.6. The average molecular weight is 363 g/mol. The fraction of sp³-hybridized carbons (Fsp3) is 0. The number of carbonyl (C=O) groups is 1. The number of ether oxygens (including phenoxy) is 1. The summed E-state index contributed by atoms with van der Waals surface area (Å²) in [7, 11) is 0. The highest BCUT2D eigenvalue weighted by atomic mass is 32.1. The number of para-hydroxylation sites is 3. The molecule has 0 saturated carbocycles. The molecule has 130 valence electrons. The van der Waals surface area contributed by atoms with Crippen molar-refractivity contribution in [1.29, 1.82) is 0 Å². The van der Waals surface area contributed by atoms with Crippen LogP contribution in [0.15, 0.2) is 78.9 Å². The van der Waals surface area contributed by atoms with E-state index >= 15 is 0 Å². The van der Waals surface area contributed by atoms with E-state index in [2.05, 4.69) is 10.6 Å². The summed E-state index contributed by atoms with van der Waals surface area (Å²) < 4.78 is 5.86. The van der Waals surface area contributed by atoms with Gasteiger partial charge in [-0.15, -0.1) is 0 Å². The molecule has 1 amide bonds. The molecule has 0 saturated heterocycles. The van der Waals surface area contributed by atoms with Crippen LogP contribution >= 0.6 is 12.2 Å². The van der Waals surface area contributed by atoms with Crippen molar-refractivity contribution in [2.24, 2.45) is 5.73 Å². The average Bonchev–Trinajstić information content (AvgIpc) is 2.64. The fourth-order valence-electron chi connectivity index (χ4n) is 2.32. The van der Waals surface area contributed by atoms with E-state index in [-0.39, 0.29) is 11.0 Å². The monoisotopic (exact) mass is 363 g/mol. The lowest BCUT2D eigenvalue weighted by Crippen LogP contribution is -2.19. The van der Waals surface area contributed by atoms with Gasteiger partial charge in [-0.2, -0.15) is 0 Å². The van der Waals surface area contributed by atoms with Gasteiger partial charge in [0.25, 0.3) is 5.91 Å². The largest absolute Gasteiger partial charge is 0.455 e. The minimum absolute atomic E-state index is 0.175. The molecule has 4 N–H and O–H groups in total. The Kier molecular flexibility index (Phi) is 5.46. The first-order valence-corrected chi connectivity index (χ1v) is 8.32. The Morgan fingerprint density at radius 1 is 0.846 bits per heavy atom. The normalized spacial score (nSPS) is 10.0. The van der Waals surface area contributed by atoms with Gasteiger partial charge >= 0.3 is 0 Å². The van der Waals surface area contributed by atoms with Crippen LogP contribution in [0.5, 0.6) is 11.5 Å². The summed E-state index contributed by atoms with van der Waals surface area (Å²) >= 11 is 4.79. The van der Waals surface area contributed by atoms with Crippen LogP contribution in [0.1, 0.15) is 10.4 Å². The van der Waals surface area contributed by atoms with Crippen LogP contribution in [0.3, 0.4) is 0 Å². The summed E-state index contributed by atoms with van der Waals surface area (Å²) in [6.07, 6.45) is 0. The van der Waals surface area contributed by atoms with Crippen molar-refractivity contribution in [3.63, 3.8) is 0 Å². The van der Waals surface area contributed by atoms with E-state index in [1.807, 2.05) is 42.5 Å². The number of benzene rings is 3. The smallest absolute Gasteiger partial charge is 0.255 e. The predicted molar refractivity (Wildman–Crippen MR) is 108 cm³/mol. The van der Waals surface area contributed by atoms with E-state index in [0.717, 1.165) is 5.69 Å². The van der Waals surface area contributed by atoms with E-state index < -0.39 is 0 Å². The molecule has 0 atom stereocenters. The lowest BCUT2D eigenvalue weighted by Gasteiger charge is -2.12. The van der Waals surface area contributed by atoms with Gasteiger partial charge in [0.15, 0.2) is 10.9 Å². The molecular weight excluding hydrogens is 346 g/mol. The van der Waals surface area contributed by atoms with Crippen LogP contribution < -0.4 is 21.1 Å². The van der Waals surface area contributed by atoms with Crippen LogP contribution in [-0.2, 0) is 0 Å². The van der Waals surface area contributed by atoms with Gasteiger partial charge in [-0.25, -0.2) is 0 Å². The second-order valence-corrected chi connectivity index (χ2v) is 5.87. The number of nitrogens with one attached hydrogen (secondary N) is 2. The highest BCUT2D eigenvalue weighted by Crippen LogP contribution is 2.29. The Labute approximate surface area is 156 Å². The maximum Gasteiger partial charge on any atom is 0.255 e. The van der Waals surface area contributed by atoms with Gasteiger partial charge in [0, 0.05) is 11.3 Å². The maximum absolute atomic E-state index is 12.5. The molecular formula is C20H17N3O2S. The molecule has 0 bridgehead atoms. The van der Waals surface area contributed by atoms with Gasteiger partial charge in [-0.3, -0.25) is 4.79 Å². The SMILES string of the molecule is NC(=S)Nc1ccc(C(=O)Nc2ccccc2Oc2ccccc2)cc1. The third kappa shape index (κ3) is 4.58. The van der Waals surface area contributed by atoms with Crippen LogP contribution in [0, 0.1) is 0 Å². The van der Waals surface area contributed by atoms with Gasteiger partial charge in [-0.1, -0.05) is 30.3 Å². The molecule has 0 aliphatic carbocycles. The number of amides is 1. The van der Waals surface area contributed by atoms with Crippen LogP contribution in [0.2, 0.25) is 0 Å². The molecule has 0 radical (unpaired) electrons. The van der Waals surface area contributed by atoms with Gasteiger partial charge in [-0.05, 0) is 60.7 Å². The molecule has 6 heteroatoms. The maximum atomic E-state index is 12.5. The lowest BCUT2D eigenvalue weighted by molar-refractivity contribution is 0.102. The Morgan fingerprint density at radius 2 is 1.50 bits per heavy atom. The molecule has 0 aromatic heterocycles. The molecule has 0 spiro atoms. The summed E-state index contributed by atoms with van der Waals surface area (Å²) in [6.45, 7) is 0. The summed E-state index contributed by atoms with van der Waals surface area (Å²) in [4.78, 5) is 12.5. The van der Waals surface area contributed by atoms with Gasteiger partial charge in [0.05, 0.1) is 5.69 Å². The van der Waals surface area contributed by atoms with Crippen LogP contribution in [0.4, 0.5) is 11.4 Å². The minimum atomic E-state index is -0.240. The predicted octanol–water partition coefficient (Wildman–Crippen LogP) is 4.39. The van der Waals surface area contributed by atoms with E-state index in [4.69, 9.17) is 22.7 Å². The topological polar surface area (TPSA) is 76.4 Å². The van der Waals surface area contributed by atoms with E-state index in [0.29, 0.717) is 22.7 Å². The Morgan fingerprint density at radius 3 is 2.19 bits per heavy atom. The van der Waals surface area contributed by atoms with E-state index in [9.17, 15) is 4.79 Å². The standard InChI is InChI=1S/C20H17N3O2S/c21-20(26)22-15-12-10-14(11-13-15)19(24)23-17-8-4-5-9-18(17)25-16-6-2-1-3-7-16/h1-13H,(H,23,24)(H3,21,22,26). The van der Waals surface area contributed by atoms with Crippen molar-refractivity contribution in [2.45, 2.75) is 0 Å². The van der Waals surface area contributed by atoms with Gasteiger partial charge in [0.1, 0.15) is 5.75 Å². The zero-order valence-electron chi connectivity index (χ0n) is 13.8. The summed E-state index contributed by atoms with van der Waals surface area (Å²) in [5, 5.41) is 5.86. The summed E-state index contributed by atoms with van der Waals surface area (Å²) in [6, 6.07) is 23.5. The van der Waals surface area contributed by atoms with Crippen LogP contribution in [-0.4, -0.2) is 11.0 Å². The third-order valence-electron chi connectivity index (χ3n) is 3.52. The molecule has 0 heterocycles. The number of hydrogen-bond donors (Lipinski definition) is 3. The molecule has 3 rings (SSSR count). The summed E-state index contributed by atoms with van der Waals surface area (Å²) in [5.41, 5.74) is 7.25. The number of anilines is 2. The highest BCUT2D eigenvalue weighted by molar-refractivity contribution is 7.80. The quantitative estimate of drug-likeness (QED) is 0.586. The first kappa shape index (κ1) is 17.4. The fourth-order valence-corrected chi connectivity index (χ4v) is 2.43. The molecule has 26 heavy (non-hydrogen) atoms. The molecule has 0 aliphatic heterocycles. The number of rotatable bonds is 5. The molecule has 5 nitrogen and oxygen atoms in total. The van der Waals surface area contributed by atoms with E-state index in [1.165, 1.54) is 0 Å². The van der Waals surface area contributed by atoms with Crippen molar-refractivity contribution in [1.82, 2.24) is 0 Å². The Hall–Kier alpha value is -3.38. The van der Waals surface area contributed by atoms with Crippen molar-refractivity contribution >= 4 is 34.6 Å². The number of carbonyl (C=O) groups excluding carboxylic acids is 1. The van der Waals surface area contributed by atoms with Gasteiger partial charge < -0.3 is 21.1 Å². The Bertz CT molecular complexity index is 912. The van der Waals surface area contributed by atoms with Gasteiger partial charge in [0.2, 0.25) is 0 Å². The minimum Gasteiger partial charge on any atom is -0.455 e. The lowest BCUT2D eigenvalue weighted by atomic mass is 10.2. The number of nitrogens with two attached hydrogens (primary N) is 1. The second-order valence-electron chi connectivity index (χ2n) is 5.43. The van der Waals surface area contributed by atoms with E-state index in [1.54, 1.807) is 36.4 Å². The van der Waals surface area contributed by atoms with Crippen LogP contribution in [0.25, 0.3) is 0 Å². The zero-order chi connectivity index (χ0) is 18.4. The number of thiocarbonyl (C=S) groups is 1. The second kappa shape index (κ2) is 8.13. The summed E-state index contributed by atoms with van der Waals surface area (Å²) in [5.74, 6) is 1.03. The molecule has 3 aromatic carbocycles.